The highest BCUT2D eigenvalue weighted by Crippen LogP contribution is 2.44. The van der Waals surface area contributed by atoms with Gasteiger partial charge in [0.05, 0.1) is 17.1 Å². The Kier molecular flexibility index (Phi) is 11.5. The van der Waals surface area contributed by atoms with E-state index in [1.54, 1.807) is 0 Å². The molecule has 0 spiro atoms. The first-order valence-corrected chi connectivity index (χ1v) is 24.6. The number of H-pyrrole nitrogens is 2. The molecule has 0 aliphatic carbocycles. The van der Waals surface area contributed by atoms with E-state index in [4.69, 9.17) is 9.98 Å². The van der Waals surface area contributed by atoms with Gasteiger partial charge in [0.25, 0.3) is 0 Å². The van der Waals surface area contributed by atoms with E-state index in [-0.39, 0.29) is 21.7 Å². The lowest BCUT2D eigenvalue weighted by molar-refractivity contribution is 0.568. The van der Waals surface area contributed by atoms with Crippen LogP contribution in [0.3, 0.4) is 0 Å². The van der Waals surface area contributed by atoms with E-state index in [1.807, 2.05) is 0 Å². The average Bonchev–Trinajstić information content (AvgIpc) is 4.09. The summed E-state index contributed by atoms with van der Waals surface area (Å²) in [7, 11) is 0. The van der Waals surface area contributed by atoms with Gasteiger partial charge in [-0.05, 0) is 133 Å². The zero-order valence-electron chi connectivity index (χ0n) is 40.4. The Balaban J connectivity index is 1.50. The topological polar surface area (TPSA) is 56.8 Å². The molecule has 2 aliphatic rings. The monoisotopic (exact) mass is 994 g/mol. The van der Waals surface area contributed by atoms with Crippen LogP contribution in [0.4, 0.5) is 5.69 Å². The van der Waals surface area contributed by atoms with Crippen LogP contribution in [-0.2, 0) is 21.7 Å². The van der Waals surface area contributed by atoms with E-state index in [0.717, 1.165) is 98.2 Å². The molecule has 0 radical (unpaired) electrons. The predicted octanol–water partition coefficient (Wildman–Crippen LogP) is 18.2. The van der Waals surface area contributed by atoms with Crippen LogP contribution in [0.1, 0.15) is 122 Å². The van der Waals surface area contributed by atoms with Crippen LogP contribution in [0.2, 0.25) is 0 Å². The fraction of sp³-hybridized carbons (Fsp3) is 0.267. The summed E-state index contributed by atoms with van der Waals surface area (Å²) in [4.78, 5) is 18.9. The van der Waals surface area contributed by atoms with E-state index in [1.165, 1.54) is 22.3 Å². The Morgan fingerprint density at radius 2 is 0.727 bits per heavy atom. The van der Waals surface area contributed by atoms with Crippen LogP contribution in [0.5, 0.6) is 0 Å². The molecule has 66 heavy (non-hydrogen) atoms. The lowest BCUT2D eigenvalue weighted by Crippen LogP contribution is -2.16. The lowest BCUT2D eigenvalue weighted by atomic mass is 9.78. The summed E-state index contributed by atoms with van der Waals surface area (Å²) in [6.45, 7) is 27.7. The largest absolute Gasteiger partial charge is 0.354 e. The fourth-order valence-electron chi connectivity index (χ4n) is 8.96. The molecule has 0 amide bonds. The fourth-order valence-corrected chi connectivity index (χ4v) is 9.49. The SMILES string of the molecule is CC(C)(C)c1cc(-c2c3cc(c(-c4cc(C(C)(C)C)cc(C(C)(C)C)c4)c4ccc([nH]4)c(-c4ccc(Br)cc4)c4nc(c(-c5ccc(Br)cc5)c5ccc2[nH]5)C=C4)N=C3)cc(C(C)(C)C)c1. The van der Waals surface area contributed by atoms with Crippen molar-refractivity contribution in [2.75, 3.05) is 0 Å². The van der Waals surface area contributed by atoms with Gasteiger partial charge in [0.15, 0.2) is 0 Å². The smallest absolute Gasteiger partial charge is 0.0737 e. The van der Waals surface area contributed by atoms with Gasteiger partial charge in [0.1, 0.15) is 0 Å². The second-order valence-electron chi connectivity index (χ2n) is 22.1. The third-order valence-electron chi connectivity index (χ3n) is 13.0. The summed E-state index contributed by atoms with van der Waals surface area (Å²) >= 11 is 7.39. The van der Waals surface area contributed by atoms with Crippen LogP contribution < -0.4 is 0 Å². The molecular weight excluding hydrogens is 936 g/mol. The standard InChI is InChI=1S/C60H60Br2N4/c1-57(2,3)40-27-37(28-41(32-40)58(4,5)6)53-39-31-52(63-34-39)56(38-29-42(59(7,8)9)33-43(30-38)60(10,11)12)51-26-25-50(66-51)55(36-15-19-45(62)20-16-36)49-24-23-48(65-49)54(47-22-21-46(53)64-47)35-13-17-44(61)18-14-35/h13-34,64,66H,1-12H3. The highest BCUT2D eigenvalue weighted by Gasteiger charge is 2.26. The third-order valence-corrected chi connectivity index (χ3v) is 14.0. The number of rotatable bonds is 4. The maximum absolute atomic E-state index is 5.52. The molecule has 7 aromatic rings. The summed E-state index contributed by atoms with van der Waals surface area (Å²) in [6, 6.07) is 42.6. The Labute approximate surface area is 408 Å². The summed E-state index contributed by atoms with van der Waals surface area (Å²) in [5.41, 5.74) is 21.2. The number of nitrogens with zero attached hydrogens (tertiary/aromatic N) is 2. The number of hydrogen-bond acceptors (Lipinski definition) is 2. The van der Waals surface area contributed by atoms with Gasteiger partial charge in [0.2, 0.25) is 0 Å². The number of hydrogen-bond donors (Lipinski definition) is 2. The molecule has 4 aromatic carbocycles. The Hall–Kier alpha value is -5.56. The van der Waals surface area contributed by atoms with Crippen molar-refractivity contribution < 1.29 is 0 Å². The third kappa shape index (κ3) is 8.99. The highest BCUT2D eigenvalue weighted by molar-refractivity contribution is 9.10. The van der Waals surface area contributed by atoms with E-state index in [0.29, 0.717) is 0 Å². The molecule has 2 N–H and O–H groups in total. The summed E-state index contributed by atoms with van der Waals surface area (Å²) in [5.74, 6) is 0. The lowest BCUT2D eigenvalue weighted by Gasteiger charge is -2.26. The molecule has 9 rings (SSSR count). The highest BCUT2D eigenvalue weighted by atomic mass is 79.9. The number of halogens is 2. The van der Waals surface area contributed by atoms with E-state index < -0.39 is 0 Å². The summed E-state index contributed by atoms with van der Waals surface area (Å²) < 4.78 is 2.05. The normalized spacial score (nSPS) is 13.2. The maximum Gasteiger partial charge on any atom is 0.0737 e. The van der Waals surface area contributed by atoms with Crippen LogP contribution in [0.25, 0.3) is 78.7 Å². The Morgan fingerprint density at radius 1 is 0.379 bits per heavy atom. The molecule has 0 saturated heterocycles. The molecule has 0 unspecified atom stereocenters. The molecule has 0 saturated carbocycles. The molecule has 4 nitrogen and oxygen atoms in total. The van der Waals surface area contributed by atoms with Crippen molar-refractivity contribution >= 4 is 78.0 Å². The number of aliphatic imine (C=N–C) groups is 1. The van der Waals surface area contributed by atoms with Gasteiger partial charge in [-0.1, -0.05) is 176 Å². The number of benzene rings is 4. The Bertz CT molecular complexity index is 3000. The van der Waals surface area contributed by atoms with Gasteiger partial charge in [0, 0.05) is 65.0 Å². The zero-order valence-corrected chi connectivity index (χ0v) is 43.5. The first kappa shape index (κ1) is 45.6. The maximum atomic E-state index is 5.52. The number of aromatic amines is 2. The Morgan fingerprint density at radius 3 is 1.11 bits per heavy atom. The molecule has 0 fully saturated rings. The van der Waals surface area contributed by atoms with E-state index in [2.05, 4.69) is 259 Å². The van der Waals surface area contributed by atoms with Crippen molar-refractivity contribution in [2.24, 2.45) is 4.99 Å². The van der Waals surface area contributed by atoms with Gasteiger partial charge in [-0.15, -0.1) is 0 Å². The molecule has 0 atom stereocenters. The second-order valence-corrected chi connectivity index (χ2v) is 24.0. The van der Waals surface area contributed by atoms with Gasteiger partial charge >= 0.3 is 0 Å². The summed E-state index contributed by atoms with van der Waals surface area (Å²) in [5, 5.41) is 0. The van der Waals surface area contributed by atoms with Crippen LogP contribution in [0, 0.1) is 0 Å². The molecule has 6 heteroatoms. The predicted molar refractivity (Wildman–Crippen MR) is 291 cm³/mol. The van der Waals surface area contributed by atoms with Gasteiger partial charge in [-0.3, -0.25) is 4.99 Å². The van der Waals surface area contributed by atoms with Crippen molar-refractivity contribution in [3.63, 3.8) is 0 Å². The minimum atomic E-state index is -0.0781. The second kappa shape index (κ2) is 16.6. The van der Waals surface area contributed by atoms with Crippen molar-refractivity contribution in [1.82, 2.24) is 15.0 Å². The molecule has 5 heterocycles. The van der Waals surface area contributed by atoms with Gasteiger partial charge in [-0.2, -0.15) is 0 Å². The van der Waals surface area contributed by atoms with Crippen LogP contribution in [-0.4, -0.2) is 21.2 Å². The minimum Gasteiger partial charge on any atom is -0.354 e. The molecule has 8 bridgehead atoms. The number of fused-ring (bicyclic) bond motifs is 8. The average molecular weight is 997 g/mol. The van der Waals surface area contributed by atoms with E-state index >= 15 is 0 Å². The first-order chi connectivity index (χ1) is 31.0. The van der Waals surface area contributed by atoms with Crippen molar-refractivity contribution in [3.05, 3.63) is 163 Å². The van der Waals surface area contributed by atoms with Crippen molar-refractivity contribution in [1.29, 1.82) is 0 Å². The van der Waals surface area contributed by atoms with Crippen LogP contribution in [0.15, 0.2) is 129 Å². The number of nitrogens with one attached hydrogen (secondary N) is 2. The molecule has 3 aromatic heterocycles. The van der Waals surface area contributed by atoms with Gasteiger partial charge in [-0.25, -0.2) is 4.98 Å². The van der Waals surface area contributed by atoms with Crippen molar-refractivity contribution in [3.8, 4) is 44.5 Å². The molecule has 334 valence electrons. The number of aromatic nitrogens is 3. The minimum absolute atomic E-state index is 0.0733. The van der Waals surface area contributed by atoms with Gasteiger partial charge < -0.3 is 9.97 Å². The first-order valence-electron chi connectivity index (χ1n) is 23.0. The zero-order chi connectivity index (χ0) is 47.1. The molecule has 2 aliphatic heterocycles. The quantitative estimate of drug-likeness (QED) is 0.181. The van der Waals surface area contributed by atoms with Crippen molar-refractivity contribution in [2.45, 2.75) is 105 Å². The van der Waals surface area contributed by atoms with E-state index in [9.17, 15) is 0 Å². The van der Waals surface area contributed by atoms with Crippen LogP contribution >= 0.6 is 31.9 Å². The molecular formula is C60H60Br2N4. The summed E-state index contributed by atoms with van der Waals surface area (Å²) in [6.07, 6.45) is 6.40.